The van der Waals surface area contributed by atoms with E-state index in [1.807, 2.05) is 42.5 Å². The van der Waals surface area contributed by atoms with Crippen LogP contribution in [0.4, 0.5) is 5.69 Å². The van der Waals surface area contributed by atoms with Gasteiger partial charge in [-0.1, -0.05) is 32.0 Å². The average Bonchev–Trinajstić information content (AvgIpc) is 2.39. The first kappa shape index (κ1) is 13.9. The van der Waals surface area contributed by atoms with E-state index in [1.54, 1.807) is 0 Å². The van der Waals surface area contributed by atoms with Crippen molar-refractivity contribution in [3.05, 3.63) is 64.8 Å². The summed E-state index contributed by atoms with van der Waals surface area (Å²) in [5.41, 5.74) is 3.16. The van der Waals surface area contributed by atoms with Crippen LogP contribution < -0.4 is 5.32 Å². The monoisotopic (exact) mass is 263 g/mol. The van der Waals surface area contributed by atoms with Crippen molar-refractivity contribution in [1.82, 2.24) is 0 Å². The highest BCUT2D eigenvalue weighted by Gasteiger charge is 2.27. The summed E-state index contributed by atoms with van der Waals surface area (Å²) in [5.74, 6) is 0. The van der Waals surface area contributed by atoms with Crippen LogP contribution >= 0.6 is 0 Å². The summed E-state index contributed by atoms with van der Waals surface area (Å²) in [5, 5.41) is 12.4. The Labute approximate surface area is 120 Å². The molecule has 3 nitrogen and oxygen atoms in total. The molecule has 1 aromatic carbocycles. The van der Waals surface area contributed by atoms with Crippen molar-refractivity contribution in [3.8, 4) is 6.07 Å². The van der Waals surface area contributed by atoms with Gasteiger partial charge in [0.1, 0.15) is 0 Å². The summed E-state index contributed by atoms with van der Waals surface area (Å²) in [6, 6.07) is 11.9. The van der Waals surface area contributed by atoms with E-state index >= 15 is 0 Å². The fourth-order valence-electron chi connectivity index (χ4n) is 2.51. The van der Waals surface area contributed by atoms with E-state index in [-0.39, 0.29) is 11.1 Å². The molecule has 0 heterocycles. The van der Waals surface area contributed by atoms with Crippen LogP contribution in [0.15, 0.2) is 53.4 Å². The number of nitrogens with zero attached hydrogens (tertiary/aromatic N) is 2. The minimum absolute atomic E-state index is 0.0496. The number of allylic oxidation sites excluding steroid dienone is 4. The number of hydrogen-bond acceptors (Lipinski definition) is 2. The lowest BCUT2D eigenvalue weighted by Crippen LogP contribution is -2.21. The molecule has 0 saturated carbocycles. The van der Waals surface area contributed by atoms with Gasteiger partial charge in [0.15, 0.2) is 0 Å². The van der Waals surface area contributed by atoms with E-state index in [4.69, 9.17) is 11.8 Å². The molecule has 1 N–H and O–H groups in total. The Morgan fingerprint density at radius 2 is 2.00 bits per heavy atom. The third-order valence-electron chi connectivity index (χ3n) is 3.29. The maximum absolute atomic E-state index is 9.05. The van der Waals surface area contributed by atoms with Crippen LogP contribution in [0.2, 0.25) is 0 Å². The smallest absolute Gasteiger partial charge is 0.265 e. The van der Waals surface area contributed by atoms with Crippen LogP contribution in [-0.2, 0) is 0 Å². The lowest BCUT2D eigenvalue weighted by molar-refractivity contribution is 0.352. The number of nitrogens with one attached hydrogen (secondary N) is 1. The Hall–Kier alpha value is -2.52. The lowest BCUT2D eigenvalue weighted by atomic mass is 9.76. The molecule has 20 heavy (non-hydrogen) atoms. The molecular weight excluding hydrogens is 246 g/mol. The molecule has 1 aromatic rings. The molecule has 1 aliphatic carbocycles. The SMILES string of the molecule is [C-]#[N+]/C(C#N)=C1/C=C(Nc2ccccc2)CC(C)(C)C1. The van der Waals surface area contributed by atoms with E-state index < -0.39 is 0 Å². The number of para-hydroxylation sites is 1. The van der Waals surface area contributed by atoms with Crippen molar-refractivity contribution >= 4 is 5.69 Å². The van der Waals surface area contributed by atoms with Crippen molar-refractivity contribution in [1.29, 1.82) is 5.26 Å². The van der Waals surface area contributed by atoms with E-state index in [1.165, 1.54) is 0 Å². The fraction of sp³-hybridized carbons (Fsp3) is 0.294. The summed E-state index contributed by atoms with van der Waals surface area (Å²) in [6.07, 6.45) is 3.62. The molecule has 2 rings (SSSR count). The molecule has 100 valence electrons. The molecule has 0 saturated heterocycles. The zero-order valence-electron chi connectivity index (χ0n) is 11.8. The Bertz CT molecular complexity index is 621. The van der Waals surface area contributed by atoms with Crippen LogP contribution in [0, 0.1) is 23.3 Å². The lowest BCUT2D eigenvalue weighted by Gasteiger charge is -2.32. The molecule has 0 radical (unpaired) electrons. The van der Waals surface area contributed by atoms with Gasteiger partial charge < -0.3 is 5.32 Å². The summed E-state index contributed by atoms with van der Waals surface area (Å²) < 4.78 is 0. The summed E-state index contributed by atoms with van der Waals surface area (Å²) in [4.78, 5) is 3.33. The van der Waals surface area contributed by atoms with Crippen molar-refractivity contribution in [2.24, 2.45) is 5.41 Å². The molecule has 0 aromatic heterocycles. The zero-order valence-corrected chi connectivity index (χ0v) is 11.8. The van der Waals surface area contributed by atoms with E-state index in [0.29, 0.717) is 0 Å². The molecule has 0 aliphatic heterocycles. The van der Waals surface area contributed by atoms with Gasteiger partial charge >= 0.3 is 0 Å². The van der Waals surface area contributed by atoms with Crippen molar-refractivity contribution in [3.63, 3.8) is 0 Å². The predicted octanol–water partition coefficient (Wildman–Crippen LogP) is 4.50. The topological polar surface area (TPSA) is 40.2 Å². The Kier molecular flexibility index (Phi) is 3.91. The van der Waals surface area contributed by atoms with Gasteiger partial charge in [-0.3, -0.25) is 0 Å². The van der Waals surface area contributed by atoms with Crippen LogP contribution in [-0.4, -0.2) is 0 Å². The standard InChI is InChI=1S/C17H17N3/c1-17(2)10-13(16(12-18)19-3)9-15(11-17)20-14-7-5-4-6-8-14/h4-9,20H,10-11H2,1-2H3/b16-13-. The number of anilines is 1. The highest BCUT2D eigenvalue weighted by molar-refractivity contribution is 5.52. The summed E-state index contributed by atoms with van der Waals surface area (Å²) in [6.45, 7) is 11.4. The number of rotatable bonds is 2. The normalized spacial score (nSPS) is 19.3. The Morgan fingerprint density at radius 1 is 1.30 bits per heavy atom. The third-order valence-corrected chi connectivity index (χ3v) is 3.29. The molecule has 0 unspecified atom stereocenters. The maximum Gasteiger partial charge on any atom is 0.265 e. The second-order valence-electron chi connectivity index (χ2n) is 5.78. The first-order chi connectivity index (χ1) is 9.54. The first-order valence-corrected chi connectivity index (χ1v) is 6.57. The molecule has 0 atom stereocenters. The van der Waals surface area contributed by atoms with E-state index in [9.17, 15) is 0 Å². The molecule has 0 fully saturated rings. The summed E-state index contributed by atoms with van der Waals surface area (Å²) >= 11 is 0. The minimum Gasteiger partial charge on any atom is -0.359 e. The maximum atomic E-state index is 9.05. The van der Waals surface area contributed by atoms with Gasteiger partial charge in [0.2, 0.25) is 0 Å². The zero-order chi connectivity index (χ0) is 14.6. The van der Waals surface area contributed by atoms with Crippen LogP contribution in [0.5, 0.6) is 0 Å². The quantitative estimate of drug-likeness (QED) is 0.630. The van der Waals surface area contributed by atoms with Gasteiger partial charge in [-0.15, -0.1) is 0 Å². The fourth-order valence-corrected chi connectivity index (χ4v) is 2.51. The second kappa shape index (κ2) is 5.63. The molecule has 3 heteroatoms. The predicted molar refractivity (Wildman–Crippen MR) is 80.4 cm³/mol. The molecule has 0 bridgehead atoms. The third kappa shape index (κ3) is 3.28. The van der Waals surface area contributed by atoms with Gasteiger partial charge in [0.25, 0.3) is 5.70 Å². The largest absolute Gasteiger partial charge is 0.359 e. The van der Waals surface area contributed by atoms with Gasteiger partial charge in [-0.25, -0.2) is 10.1 Å². The molecule has 0 amide bonds. The molecular formula is C17H17N3. The van der Waals surface area contributed by atoms with Gasteiger partial charge in [-0.05, 0) is 42.0 Å². The number of hydrogen-bond donors (Lipinski definition) is 1. The second-order valence-corrected chi connectivity index (χ2v) is 5.78. The minimum atomic E-state index is 0.0496. The first-order valence-electron chi connectivity index (χ1n) is 6.57. The van der Waals surface area contributed by atoms with Crippen LogP contribution in [0.1, 0.15) is 26.7 Å². The Balaban J connectivity index is 2.35. The number of benzene rings is 1. The van der Waals surface area contributed by atoms with Crippen LogP contribution in [0.3, 0.4) is 0 Å². The van der Waals surface area contributed by atoms with E-state index in [2.05, 4.69) is 24.0 Å². The Morgan fingerprint density at radius 3 is 2.60 bits per heavy atom. The van der Waals surface area contributed by atoms with Crippen LogP contribution in [0.25, 0.3) is 4.85 Å². The average molecular weight is 263 g/mol. The van der Waals surface area contributed by atoms with Crippen molar-refractivity contribution in [2.75, 3.05) is 5.32 Å². The highest BCUT2D eigenvalue weighted by Crippen LogP contribution is 2.39. The molecule has 0 spiro atoms. The number of nitriles is 1. The summed E-state index contributed by atoms with van der Waals surface area (Å²) in [7, 11) is 0. The van der Waals surface area contributed by atoms with Gasteiger partial charge in [0.05, 0.1) is 12.6 Å². The van der Waals surface area contributed by atoms with Gasteiger partial charge in [-0.2, -0.15) is 0 Å². The molecule has 1 aliphatic rings. The van der Waals surface area contributed by atoms with E-state index in [0.717, 1.165) is 29.8 Å². The van der Waals surface area contributed by atoms with Gasteiger partial charge in [0, 0.05) is 11.4 Å². The van der Waals surface area contributed by atoms with Crippen molar-refractivity contribution in [2.45, 2.75) is 26.7 Å². The highest BCUT2D eigenvalue weighted by atomic mass is 14.9. The van der Waals surface area contributed by atoms with Crippen molar-refractivity contribution < 1.29 is 0 Å².